The Morgan fingerprint density at radius 2 is 1.72 bits per heavy atom. The van der Waals surface area contributed by atoms with E-state index in [0.717, 1.165) is 12.8 Å². The first kappa shape index (κ1) is 16.9. The SMILES string of the molecule is CCCCCCCC(=O)NC(CC)CC(=O)NO. The Hall–Kier alpha value is -1.10. The molecule has 18 heavy (non-hydrogen) atoms. The lowest BCUT2D eigenvalue weighted by molar-refractivity contribution is -0.130. The third kappa shape index (κ3) is 8.98. The van der Waals surface area contributed by atoms with Gasteiger partial charge in [-0.15, -0.1) is 0 Å². The van der Waals surface area contributed by atoms with Crippen LogP contribution in [0.3, 0.4) is 0 Å². The van der Waals surface area contributed by atoms with E-state index in [2.05, 4.69) is 12.2 Å². The quantitative estimate of drug-likeness (QED) is 0.319. The van der Waals surface area contributed by atoms with Crippen LogP contribution in [0.2, 0.25) is 0 Å². The van der Waals surface area contributed by atoms with Crippen LogP contribution in [-0.2, 0) is 9.59 Å². The zero-order chi connectivity index (χ0) is 13.8. The average molecular weight is 258 g/mol. The Morgan fingerprint density at radius 3 is 2.28 bits per heavy atom. The lowest BCUT2D eigenvalue weighted by Gasteiger charge is -2.15. The highest BCUT2D eigenvalue weighted by Gasteiger charge is 2.13. The number of hydroxylamine groups is 1. The van der Waals surface area contributed by atoms with Crippen LogP contribution in [0.15, 0.2) is 0 Å². The standard InChI is InChI=1S/C13H26N2O3/c1-3-5-6-7-8-9-12(16)14-11(4-2)10-13(17)15-18/h11,18H,3-10H2,1-2H3,(H,14,16)(H,15,17). The van der Waals surface area contributed by atoms with Crippen LogP contribution in [0, 0.1) is 0 Å². The maximum atomic E-state index is 11.6. The summed E-state index contributed by atoms with van der Waals surface area (Å²) >= 11 is 0. The van der Waals surface area contributed by atoms with E-state index in [4.69, 9.17) is 5.21 Å². The van der Waals surface area contributed by atoms with Gasteiger partial charge in [0.25, 0.3) is 0 Å². The lowest BCUT2D eigenvalue weighted by Crippen LogP contribution is -2.38. The van der Waals surface area contributed by atoms with Gasteiger partial charge >= 0.3 is 0 Å². The highest BCUT2D eigenvalue weighted by molar-refractivity contribution is 5.79. The lowest BCUT2D eigenvalue weighted by atomic mass is 10.1. The molecule has 0 saturated carbocycles. The van der Waals surface area contributed by atoms with Crippen LogP contribution in [-0.4, -0.2) is 23.1 Å². The van der Waals surface area contributed by atoms with Crippen molar-refractivity contribution in [3.63, 3.8) is 0 Å². The molecular formula is C13H26N2O3. The van der Waals surface area contributed by atoms with E-state index < -0.39 is 5.91 Å². The summed E-state index contributed by atoms with van der Waals surface area (Å²) in [6, 6.07) is -0.194. The molecule has 0 bridgehead atoms. The zero-order valence-corrected chi connectivity index (χ0v) is 11.5. The fourth-order valence-electron chi connectivity index (χ4n) is 1.76. The molecule has 0 aromatic carbocycles. The number of amides is 2. The van der Waals surface area contributed by atoms with Gasteiger partial charge in [-0.25, -0.2) is 5.48 Å². The predicted molar refractivity (Wildman–Crippen MR) is 70.1 cm³/mol. The number of hydrogen-bond donors (Lipinski definition) is 3. The second-order valence-corrected chi connectivity index (χ2v) is 4.58. The predicted octanol–water partition coefficient (Wildman–Crippen LogP) is 2.14. The molecule has 0 radical (unpaired) electrons. The fraction of sp³-hybridized carbons (Fsp3) is 0.846. The summed E-state index contributed by atoms with van der Waals surface area (Å²) in [6.07, 6.45) is 6.87. The van der Waals surface area contributed by atoms with Gasteiger partial charge in [-0.05, 0) is 12.8 Å². The van der Waals surface area contributed by atoms with Crippen molar-refractivity contribution in [3.05, 3.63) is 0 Å². The highest BCUT2D eigenvalue weighted by atomic mass is 16.5. The molecule has 0 aliphatic rings. The molecule has 0 aliphatic carbocycles. The molecule has 5 heteroatoms. The molecule has 5 nitrogen and oxygen atoms in total. The molecule has 0 aliphatic heterocycles. The Balaban J connectivity index is 3.72. The van der Waals surface area contributed by atoms with E-state index in [1.165, 1.54) is 19.3 Å². The first-order valence-electron chi connectivity index (χ1n) is 6.86. The molecule has 3 N–H and O–H groups in total. The Morgan fingerprint density at radius 1 is 1.06 bits per heavy atom. The van der Waals surface area contributed by atoms with Crippen LogP contribution in [0.25, 0.3) is 0 Å². The van der Waals surface area contributed by atoms with Crippen molar-refractivity contribution in [1.29, 1.82) is 0 Å². The van der Waals surface area contributed by atoms with Gasteiger partial charge < -0.3 is 5.32 Å². The molecule has 0 saturated heterocycles. The minimum absolute atomic E-state index is 0.0101. The molecule has 1 atom stereocenters. The molecule has 106 valence electrons. The van der Waals surface area contributed by atoms with Gasteiger partial charge in [0.05, 0.1) is 0 Å². The molecule has 2 amide bonds. The molecule has 0 aromatic heterocycles. The van der Waals surface area contributed by atoms with E-state index in [1.807, 2.05) is 6.92 Å². The van der Waals surface area contributed by atoms with Crippen LogP contribution in [0.4, 0.5) is 0 Å². The maximum Gasteiger partial charge on any atom is 0.245 e. The molecule has 0 heterocycles. The van der Waals surface area contributed by atoms with Crippen molar-refractivity contribution in [2.24, 2.45) is 0 Å². The molecule has 0 spiro atoms. The molecule has 0 fully saturated rings. The topological polar surface area (TPSA) is 78.4 Å². The van der Waals surface area contributed by atoms with Crippen molar-refractivity contribution in [2.75, 3.05) is 0 Å². The number of rotatable bonds is 10. The second kappa shape index (κ2) is 11.0. The number of carbonyl (C=O) groups excluding carboxylic acids is 2. The number of unbranched alkanes of at least 4 members (excludes halogenated alkanes) is 4. The maximum absolute atomic E-state index is 11.6. The van der Waals surface area contributed by atoms with Crippen LogP contribution >= 0.6 is 0 Å². The van der Waals surface area contributed by atoms with E-state index in [-0.39, 0.29) is 18.4 Å². The minimum atomic E-state index is -0.468. The summed E-state index contributed by atoms with van der Waals surface area (Å²) in [4.78, 5) is 22.6. The summed E-state index contributed by atoms with van der Waals surface area (Å²) in [5, 5.41) is 11.2. The first-order chi connectivity index (χ1) is 8.63. The van der Waals surface area contributed by atoms with Gasteiger partial charge in [0, 0.05) is 18.9 Å². The van der Waals surface area contributed by atoms with Gasteiger partial charge in [0.2, 0.25) is 11.8 Å². The van der Waals surface area contributed by atoms with Crippen LogP contribution < -0.4 is 10.8 Å². The smallest absolute Gasteiger partial charge is 0.245 e. The first-order valence-corrected chi connectivity index (χ1v) is 6.86. The Kier molecular flexibility index (Phi) is 10.3. The van der Waals surface area contributed by atoms with Crippen molar-refractivity contribution in [3.8, 4) is 0 Å². The van der Waals surface area contributed by atoms with Crippen molar-refractivity contribution >= 4 is 11.8 Å². The number of carbonyl (C=O) groups is 2. The van der Waals surface area contributed by atoms with Gasteiger partial charge in [0.1, 0.15) is 0 Å². The fourth-order valence-corrected chi connectivity index (χ4v) is 1.76. The molecule has 1 unspecified atom stereocenters. The van der Waals surface area contributed by atoms with Crippen LogP contribution in [0.1, 0.15) is 65.2 Å². The van der Waals surface area contributed by atoms with E-state index in [0.29, 0.717) is 12.8 Å². The molecular weight excluding hydrogens is 232 g/mol. The number of nitrogens with one attached hydrogen (secondary N) is 2. The Labute approximate surface area is 109 Å². The monoisotopic (exact) mass is 258 g/mol. The largest absolute Gasteiger partial charge is 0.353 e. The zero-order valence-electron chi connectivity index (χ0n) is 11.5. The van der Waals surface area contributed by atoms with E-state index in [1.54, 1.807) is 5.48 Å². The highest BCUT2D eigenvalue weighted by Crippen LogP contribution is 2.05. The van der Waals surface area contributed by atoms with Gasteiger partial charge in [-0.2, -0.15) is 0 Å². The van der Waals surface area contributed by atoms with Gasteiger partial charge in [0.15, 0.2) is 0 Å². The third-order valence-corrected chi connectivity index (χ3v) is 2.92. The Bertz CT molecular complexity index is 244. The van der Waals surface area contributed by atoms with Crippen molar-refractivity contribution < 1.29 is 14.8 Å². The van der Waals surface area contributed by atoms with Crippen LogP contribution in [0.5, 0.6) is 0 Å². The average Bonchev–Trinajstić information content (AvgIpc) is 2.37. The summed E-state index contributed by atoms with van der Waals surface area (Å²) in [6.45, 7) is 4.06. The van der Waals surface area contributed by atoms with E-state index >= 15 is 0 Å². The summed E-state index contributed by atoms with van der Waals surface area (Å²) in [5.41, 5.74) is 1.58. The number of hydrogen-bond acceptors (Lipinski definition) is 3. The van der Waals surface area contributed by atoms with Crippen molar-refractivity contribution in [2.45, 2.75) is 71.3 Å². The normalized spacial score (nSPS) is 11.9. The minimum Gasteiger partial charge on any atom is -0.353 e. The van der Waals surface area contributed by atoms with Gasteiger partial charge in [-0.1, -0.05) is 39.5 Å². The summed E-state index contributed by atoms with van der Waals surface area (Å²) in [7, 11) is 0. The van der Waals surface area contributed by atoms with Gasteiger partial charge in [-0.3, -0.25) is 14.8 Å². The van der Waals surface area contributed by atoms with Crippen molar-refractivity contribution in [1.82, 2.24) is 10.8 Å². The summed E-state index contributed by atoms with van der Waals surface area (Å²) < 4.78 is 0. The van der Waals surface area contributed by atoms with E-state index in [9.17, 15) is 9.59 Å². The summed E-state index contributed by atoms with van der Waals surface area (Å²) in [5.74, 6) is -0.478. The second-order valence-electron chi connectivity index (χ2n) is 4.58. The molecule has 0 aromatic rings. The molecule has 0 rings (SSSR count). The third-order valence-electron chi connectivity index (χ3n) is 2.92.